The van der Waals surface area contributed by atoms with Gasteiger partial charge in [0.15, 0.2) is 0 Å². The third kappa shape index (κ3) is 49.5. The van der Waals surface area contributed by atoms with Crippen LogP contribution in [0.25, 0.3) is 0 Å². The summed E-state index contributed by atoms with van der Waals surface area (Å²) in [4.78, 5) is 0. The molecule has 0 amide bonds. The molecule has 0 N–H and O–H groups in total. The van der Waals surface area contributed by atoms with Crippen LogP contribution in [-0.4, -0.2) is 30.7 Å². The minimum atomic E-state index is 0. The van der Waals surface area contributed by atoms with Crippen LogP contribution in [0.2, 0.25) is 0 Å². The SMILES string of the molecule is CCCCCCCCCCCCCCCC[N+](CCCCCCCCCC)(CCCCCCCCCCCCCCCC)CCCCCCCCCCCCCCCC.[Br-]. The van der Waals surface area contributed by atoms with Gasteiger partial charge in [-0.25, -0.2) is 0 Å². The Morgan fingerprint density at radius 2 is 0.250 bits per heavy atom. The summed E-state index contributed by atoms with van der Waals surface area (Å²) in [6, 6.07) is 0. The maximum atomic E-state index is 2.35. The Labute approximate surface area is 394 Å². The van der Waals surface area contributed by atoms with Gasteiger partial charge in [0.1, 0.15) is 0 Å². The zero-order chi connectivity index (χ0) is 42.7. The van der Waals surface area contributed by atoms with E-state index >= 15 is 0 Å². The molecule has 0 saturated carbocycles. The van der Waals surface area contributed by atoms with E-state index < -0.39 is 0 Å². The van der Waals surface area contributed by atoms with Crippen molar-refractivity contribution in [2.24, 2.45) is 0 Å². The molecule has 2 heteroatoms. The van der Waals surface area contributed by atoms with Gasteiger partial charge in [0.2, 0.25) is 0 Å². The number of halogens is 1. The Morgan fingerprint density at radius 3 is 0.367 bits per heavy atom. The average Bonchev–Trinajstić information content (AvgIpc) is 3.25. The standard InChI is InChI=1S/C58H120N.BrH/c1-5-9-13-17-21-25-28-31-34-37-40-44-48-52-56-59(55-51-47-43-24-20-16-12-8-4,57-53-49-45-41-38-35-32-29-26-22-18-14-10-6-2)58-54-50-46-42-39-36-33-30-27-23-19-15-11-7-3;/h5-58H2,1-4H3;1H/q+1;/p-1. The van der Waals surface area contributed by atoms with Crippen LogP contribution in [0, 0.1) is 0 Å². The molecule has 0 radical (unpaired) electrons. The fraction of sp³-hybridized carbons (Fsp3) is 1.00. The second kappa shape index (κ2) is 55.6. The van der Waals surface area contributed by atoms with Crippen LogP contribution in [0.1, 0.15) is 349 Å². The molecule has 0 heterocycles. The molecule has 0 rings (SSSR count). The zero-order valence-corrected chi connectivity index (χ0v) is 44.6. The maximum Gasteiger partial charge on any atom is 0.0786 e. The van der Waals surface area contributed by atoms with Crippen molar-refractivity contribution >= 4 is 0 Å². The summed E-state index contributed by atoms with van der Waals surface area (Å²) in [5.74, 6) is 0. The fourth-order valence-electron chi connectivity index (χ4n) is 10.2. The molecule has 0 aliphatic heterocycles. The third-order valence-electron chi connectivity index (χ3n) is 14.4. The Balaban J connectivity index is 0. The molecule has 364 valence electrons. The van der Waals surface area contributed by atoms with Crippen molar-refractivity contribution in [1.82, 2.24) is 0 Å². The van der Waals surface area contributed by atoms with Crippen molar-refractivity contribution in [3.05, 3.63) is 0 Å². The van der Waals surface area contributed by atoms with E-state index in [1.165, 1.54) is 352 Å². The fourth-order valence-corrected chi connectivity index (χ4v) is 10.2. The van der Waals surface area contributed by atoms with Crippen molar-refractivity contribution in [2.45, 2.75) is 349 Å². The molecule has 0 aromatic rings. The highest BCUT2D eigenvalue weighted by molar-refractivity contribution is 4.57. The molecular weight excluding hydrogens is 791 g/mol. The van der Waals surface area contributed by atoms with Crippen molar-refractivity contribution in [2.75, 3.05) is 26.2 Å². The smallest absolute Gasteiger partial charge is 0.0786 e. The molecule has 0 bridgehead atoms. The normalized spacial score (nSPS) is 11.8. The minimum Gasteiger partial charge on any atom is -1.00 e. The lowest BCUT2D eigenvalue weighted by molar-refractivity contribution is -0.929. The molecule has 0 aliphatic rings. The largest absolute Gasteiger partial charge is 1.00 e. The van der Waals surface area contributed by atoms with Crippen LogP contribution in [0.5, 0.6) is 0 Å². The lowest BCUT2D eigenvalue weighted by Crippen LogP contribution is -3.00. The van der Waals surface area contributed by atoms with E-state index in [-0.39, 0.29) is 17.0 Å². The maximum absolute atomic E-state index is 2.35. The van der Waals surface area contributed by atoms with Gasteiger partial charge in [0.05, 0.1) is 26.2 Å². The van der Waals surface area contributed by atoms with E-state index in [2.05, 4.69) is 27.7 Å². The predicted molar refractivity (Wildman–Crippen MR) is 273 cm³/mol. The lowest BCUT2D eigenvalue weighted by atomic mass is 10.0. The third-order valence-corrected chi connectivity index (χ3v) is 14.4. The Morgan fingerprint density at radius 1 is 0.150 bits per heavy atom. The first-order valence-corrected chi connectivity index (χ1v) is 29.1. The van der Waals surface area contributed by atoms with Crippen LogP contribution in [0.4, 0.5) is 0 Å². The van der Waals surface area contributed by atoms with Gasteiger partial charge in [-0.15, -0.1) is 0 Å². The highest BCUT2D eigenvalue weighted by atomic mass is 79.9. The molecule has 0 saturated heterocycles. The molecule has 1 nitrogen and oxygen atoms in total. The second-order valence-electron chi connectivity index (χ2n) is 20.5. The Kier molecular flexibility index (Phi) is 57.9. The molecule has 60 heavy (non-hydrogen) atoms. The summed E-state index contributed by atoms with van der Waals surface area (Å²) in [5, 5.41) is 0. The summed E-state index contributed by atoms with van der Waals surface area (Å²) in [6.45, 7) is 15.3. The number of rotatable bonds is 54. The zero-order valence-electron chi connectivity index (χ0n) is 43.0. The molecule has 0 spiro atoms. The van der Waals surface area contributed by atoms with Crippen molar-refractivity contribution in [3.63, 3.8) is 0 Å². The monoisotopic (exact) mass is 910 g/mol. The van der Waals surface area contributed by atoms with Gasteiger partial charge < -0.3 is 21.5 Å². The number of unbranched alkanes of at least 4 members (excludes halogenated alkanes) is 46. The van der Waals surface area contributed by atoms with Crippen molar-refractivity contribution in [3.8, 4) is 0 Å². The first-order valence-electron chi connectivity index (χ1n) is 29.1. The summed E-state index contributed by atoms with van der Waals surface area (Å²) in [6.07, 6.45) is 73.7. The number of nitrogens with zero attached hydrogens (tertiary/aromatic N) is 1. The quantitative estimate of drug-likeness (QED) is 0.0421. The topological polar surface area (TPSA) is 0 Å². The first kappa shape index (κ1) is 62.5. The van der Waals surface area contributed by atoms with E-state index in [0.717, 1.165) is 0 Å². The van der Waals surface area contributed by atoms with Gasteiger partial charge in [0, 0.05) is 0 Å². The minimum absolute atomic E-state index is 0. The molecule has 0 aliphatic carbocycles. The predicted octanol–water partition coefficient (Wildman–Crippen LogP) is 18.4. The first-order chi connectivity index (χ1) is 29.2. The van der Waals surface area contributed by atoms with E-state index in [1.54, 1.807) is 0 Å². The van der Waals surface area contributed by atoms with E-state index in [1.807, 2.05) is 0 Å². The van der Waals surface area contributed by atoms with Gasteiger partial charge in [-0.05, 0) is 51.4 Å². The molecule has 0 fully saturated rings. The summed E-state index contributed by atoms with van der Waals surface area (Å²) < 4.78 is 1.49. The highest BCUT2D eigenvalue weighted by Crippen LogP contribution is 2.22. The van der Waals surface area contributed by atoms with Gasteiger partial charge in [-0.2, -0.15) is 0 Å². The molecule has 0 atom stereocenters. The van der Waals surface area contributed by atoms with E-state index in [0.29, 0.717) is 0 Å². The molecule has 0 unspecified atom stereocenters. The van der Waals surface area contributed by atoms with Crippen LogP contribution in [0.3, 0.4) is 0 Å². The van der Waals surface area contributed by atoms with Gasteiger partial charge in [0.25, 0.3) is 0 Å². The van der Waals surface area contributed by atoms with Crippen molar-refractivity contribution in [1.29, 1.82) is 0 Å². The van der Waals surface area contributed by atoms with Gasteiger partial charge in [-0.3, -0.25) is 0 Å². The second-order valence-corrected chi connectivity index (χ2v) is 20.5. The van der Waals surface area contributed by atoms with E-state index in [9.17, 15) is 0 Å². The Hall–Kier alpha value is 0.440. The van der Waals surface area contributed by atoms with E-state index in [4.69, 9.17) is 0 Å². The lowest BCUT2D eigenvalue weighted by Gasteiger charge is -2.40. The van der Waals surface area contributed by atoms with Gasteiger partial charge >= 0.3 is 0 Å². The highest BCUT2D eigenvalue weighted by Gasteiger charge is 2.25. The molecular formula is C58H120BrN. The number of hydrogen-bond acceptors (Lipinski definition) is 0. The Bertz CT molecular complexity index is 643. The average molecular weight is 912 g/mol. The van der Waals surface area contributed by atoms with Crippen LogP contribution >= 0.6 is 0 Å². The number of quaternary nitrogens is 1. The van der Waals surface area contributed by atoms with Crippen LogP contribution in [0.15, 0.2) is 0 Å². The van der Waals surface area contributed by atoms with Crippen LogP contribution in [-0.2, 0) is 0 Å². The summed E-state index contributed by atoms with van der Waals surface area (Å²) in [7, 11) is 0. The molecule has 0 aromatic heterocycles. The number of hydrogen-bond donors (Lipinski definition) is 0. The van der Waals surface area contributed by atoms with Gasteiger partial charge in [-0.1, -0.05) is 297 Å². The summed E-state index contributed by atoms with van der Waals surface area (Å²) in [5.41, 5.74) is 0. The molecule has 0 aromatic carbocycles. The summed E-state index contributed by atoms with van der Waals surface area (Å²) >= 11 is 0. The van der Waals surface area contributed by atoms with Crippen LogP contribution < -0.4 is 17.0 Å². The van der Waals surface area contributed by atoms with Crippen molar-refractivity contribution < 1.29 is 21.5 Å².